The summed E-state index contributed by atoms with van der Waals surface area (Å²) in [7, 11) is 0. The van der Waals surface area contributed by atoms with Crippen molar-refractivity contribution in [3.05, 3.63) is 28.3 Å². The maximum atomic E-state index is 10.7. The van der Waals surface area contributed by atoms with Crippen LogP contribution in [0.15, 0.2) is 22.6 Å². The van der Waals surface area contributed by atoms with Crippen LogP contribution < -0.4 is 5.32 Å². The summed E-state index contributed by atoms with van der Waals surface area (Å²) in [6.07, 6.45) is 2.78. The average molecular weight is 263 g/mol. The largest absolute Gasteiger partial charge is 0.423 e. The van der Waals surface area contributed by atoms with Gasteiger partial charge in [-0.2, -0.15) is 4.98 Å². The summed E-state index contributed by atoms with van der Waals surface area (Å²) in [5.74, 6) is 0. The third kappa shape index (κ3) is 2.01. The number of nitrogens with zero attached hydrogens (tertiary/aromatic N) is 2. The number of aliphatic hydroxyl groups excluding tert-OH is 1. The molecule has 19 heavy (non-hydrogen) atoms. The molecular formula is C12H13N3O4. The van der Waals surface area contributed by atoms with Crippen LogP contribution in [0, 0.1) is 10.1 Å². The van der Waals surface area contributed by atoms with Crippen LogP contribution in [0.25, 0.3) is 11.1 Å². The molecule has 0 spiro atoms. The number of aromatic nitrogens is 1. The fraction of sp³-hybridized carbons (Fsp3) is 0.417. The van der Waals surface area contributed by atoms with E-state index in [0.29, 0.717) is 17.1 Å². The first-order valence-electron chi connectivity index (χ1n) is 6.06. The number of aliphatic hydroxyl groups is 1. The van der Waals surface area contributed by atoms with Crippen LogP contribution in [-0.2, 0) is 0 Å². The van der Waals surface area contributed by atoms with E-state index in [0.717, 1.165) is 19.3 Å². The monoisotopic (exact) mass is 263 g/mol. The zero-order chi connectivity index (χ0) is 13.5. The number of benzene rings is 1. The van der Waals surface area contributed by atoms with Crippen molar-refractivity contribution in [3.8, 4) is 0 Å². The molecule has 0 saturated heterocycles. The minimum atomic E-state index is -0.476. The van der Waals surface area contributed by atoms with Crippen molar-refractivity contribution in [2.45, 2.75) is 24.8 Å². The third-order valence-corrected chi connectivity index (χ3v) is 3.57. The molecule has 0 radical (unpaired) electrons. The van der Waals surface area contributed by atoms with Crippen LogP contribution in [0.2, 0.25) is 0 Å². The summed E-state index contributed by atoms with van der Waals surface area (Å²) < 4.78 is 5.45. The Bertz CT molecular complexity index is 627. The first-order chi connectivity index (χ1) is 9.12. The van der Waals surface area contributed by atoms with E-state index in [1.807, 2.05) is 0 Å². The van der Waals surface area contributed by atoms with E-state index in [4.69, 9.17) is 4.42 Å². The van der Waals surface area contributed by atoms with Gasteiger partial charge >= 0.3 is 0 Å². The highest BCUT2D eigenvalue weighted by Gasteiger charge is 2.37. The standard InChI is InChI=1S/C12H13N3O4/c16-7-12(4-1-5-12)14-11-13-9-3-2-8(15(17)18)6-10(9)19-11/h2-3,6,16H,1,4-5,7H2,(H,13,14). The molecule has 0 atom stereocenters. The van der Waals surface area contributed by atoms with Gasteiger partial charge in [0.1, 0.15) is 5.52 Å². The number of non-ortho nitro benzene ring substituents is 1. The molecule has 1 aromatic heterocycles. The van der Waals surface area contributed by atoms with Crippen LogP contribution in [0.1, 0.15) is 19.3 Å². The molecular weight excluding hydrogens is 250 g/mol. The number of rotatable bonds is 4. The second-order valence-corrected chi connectivity index (χ2v) is 4.85. The number of oxazole rings is 1. The Morgan fingerprint density at radius 2 is 2.32 bits per heavy atom. The van der Waals surface area contributed by atoms with Crippen molar-refractivity contribution < 1.29 is 14.4 Å². The third-order valence-electron chi connectivity index (χ3n) is 3.57. The van der Waals surface area contributed by atoms with Gasteiger partial charge in [0, 0.05) is 6.07 Å². The molecule has 1 fully saturated rings. The van der Waals surface area contributed by atoms with Gasteiger partial charge in [0.25, 0.3) is 11.7 Å². The summed E-state index contributed by atoms with van der Waals surface area (Å²) in [5.41, 5.74) is 0.535. The highest BCUT2D eigenvalue weighted by molar-refractivity contribution is 5.77. The molecule has 1 aromatic carbocycles. The topological polar surface area (TPSA) is 101 Å². The van der Waals surface area contributed by atoms with Crippen molar-refractivity contribution in [2.24, 2.45) is 0 Å². The quantitative estimate of drug-likeness (QED) is 0.646. The van der Waals surface area contributed by atoms with Crippen molar-refractivity contribution in [1.29, 1.82) is 0 Å². The molecule has 2 aromatic rings. The normalized spacial score (nSPS) is 17.1. The molecule has 7 heteroatoms. The average Bonchev–Trinajstić information content (AvgIpc) is 2.74. The number of hydrogen-bond acceptors (Lipinski definition) is 6. The van der Waals surface area contributed by atoms with Crippen molar-refractivity contribution in [2.75, 3.05) is 11.9 Å². The Morgan fingerprint density at radius 3 is 2.89 bits per heavy atom. The minimum absolute atomic E-state index is 0.0197. The minimum Gasteiger partial charge on any atom is -0.423 e. The number of nitro benzene ring substituents is 1. The van der Waals surface area contributed by atoms with Gasteiger partial charge < -0.3 is 14.8 Å². The van der Waals surface area contributed by atoms with Crippen LogP contribution in [0.3, 0.4) is 0 Å². The van der Waals surface area contributed by atoms with E-state index in [-0.39, 0.29) is 17.8 Å². The molecule has 3 rings (SSSR count). The number of nitrogens with one attached hydrogen (secondary N) is 1. The van der Waals surface area contributed by atoms with E-state index in [2.05, 4.69) is 10.3 Å². The Hall–Kier alpha value is -2.15. The van der Waals surface area contributed by atoms with Gasteiger partial charge in [0.15, 0.2) is 5.58 Å². The van der Waals surface area contributed by atoms with Gasteiger partial charge in [-0.05, 0) is 25.3 Å². The Balaban J connectivity index is 1.91. The van der Waals surface area contributed by atoms with Crippen LogP contribution >= 0.6 is 0 Å². The molecule has 1 aliphatic carbocycles. The second-order valence-electron chi connectivity index (χ2n) is 4.85. The number of nitro groups is 1. The van der Waals surface area contributed by atoms with E-state index in [1.165, 1.54) is 12.1 Å². The molecule has 1 aliphatic rings. The summed E-state index contributed by atoms with van der Waals surface area (Å²) in [6.45, 7) is 0.0197. The fourth-order valence-corrected chi connectivity index (χ4v) is 2.23. The van der Waals surface area contributed by atoms with Gasteiger partial charge in [0.2, 0.25) is 0 Å². The molecule has 1 saturated carbocycles. The summed E-state index contributed by atoms with van der Waals surface area (Å²) in [6, 6.07) is 4.58. The molecule has 1 heterocycles. The van der Waals surface area contributed by atoms with Gasteiger partial charge in [-0.25, -0.2) is 0 Å². The van der Waals surface area contributed by atoms with Crippen LogP contribution in [0.4, 0.5) is 11.7 Å². The lowest BCUT2D eigenvalue weighted by molar-refractivity contribution is -0.384. The van der Waals surface area contributed by atoms with E-state index in [9.17, 15) is 15.2 Å². The fourth-order valence-electron chi connectivity index (χ4n) is 2.23. The predicted octanol–water partition coefficient (Wildman–Crippen LogP) is 2.06. The van der Waals surface area contributed by atoms with Gasteiger partial charge in [-0.1, -0.05) is 0 Å². The number of anilines is 1. The van der Waals surface area contributed by atoms with E-state index < -0.39 is 4.92 Å². The molecule has 0 unspecified atom stereocenters. The Kier molecular flexibility index (Phi) is 2.63. The van der Waals surface area contributed by atoms with E-state index >= 15 is 0 Å². The lowest BCUT2D eigenvalue weighted by atomic mass is 9.77. The van der Waals surface area contributed by atoms with Crippen molar-refractivity contribution in [1.82, 2.24) is 4.98 Å². The lowest BCUT2D eigenvalue weighted by Crippen LogP contribution is -2.48. The zero-order valence-electron chi connectivity index (χ0n) is 10.1. The molecule has 100 valence electrons. The van der Waals surface area contributed by atoms with Gasteiger partial charge in [-0.3, -0.25) is 10.1 Å². The smallest absolute Gasteiger partial charge is 0.296 e. The lowest BCUT2D eigenvalue weighted by Gasteiger charge is -2.40. The molecule has 0 amide bonds. The Labute approximate surface area is 108 Å². The molecule has 0 bridgehead atoms. The summed E-state index contributed by atoms with van der Waals surface area (Å²) >= 11 is 0. The van der Waals surface area contributed by atoms with Gasteiger partial charge in [0.05, 0.1) is 23.1 Å². The van der Waals surface area contributed by atoms with Crippen LogP contribution in [-0.4, -0.2) is 27.2 Å². The highest BCUT2D eigenvalue weighted by atomic mass is 16.6. The molecule has 7 nitrogen and oxygen atoms in total. The highest BCUT2D eigenvalue weighted by Crippen LogP contribution is 2.35. The number of fused-ring (bicyclic) bond motifs is 1. The summed E-state index contributed by atoms with van der Waals surface area (Å²) in [5, 5.41) is 23.1. The number of hydrogen-bond donors (Lipinski definition) is 2. The maximum absolute atomic E-state index is 10.7. The van der Waals surface area contributed by atoms with Crippen molar-refractivity contribution in [3.63, 3.8) is 0 Å². The molecule has 0 aliphatic heterocycles. The van der Waals surface area contributed by atoms with E-state index in [1.54, 1.807) is 6.07 Å². The first-order valence-corrected chi connectivity index (χ1v) is 6.06. The Morgan fingerprint density at radius 1 is 1.53 bits per heavy atom. The zero-order valence-corrected chi connectivity index (χ0v) is 10.1. The summed E-state index contributed by atoms with van der Waals surface area (Å²) in [4.78, 5) is 14.4. The molecule has 2 N–H and O–H groups in total. The predicted molar refractivity (Wildman–Crippen MR) is 68.0 cm³/mol. The van der Waals surface area contributed by atoms with Crippen LogP contribution in [0.5, 0.6) is 0 Å². The SMILES string of the molecule is O=[N+]([O-])c1ccc2nc(NC3(CO)CCC3)oc2c1. The first kappa shape index (κ1) is 11.9. The van der Waals surface area contributed by atoms with Crippen molar-refractivity contribution >= 4 is 22.8 Å². The second kappa shape index (κ2) is 4.20. The van der Waals surface area contributed by atoms with Gasteiger partial charge in [-0.15, -0.1) is 0 Å². The maximum Gasteiger partial charge on any atom is 0.296 e.